The lowest BCUT2D eigenvalue weighted by atomic mass is 10.4. The minimum Gasteiger partial charge on any atom is -0.395 e. The molecular weight excluding hydrogens is 322 g/mol. The topological polar surface area (TPSA) is 92.3 Å². The molecule has 0 aromatic rings. The second-order valence-corrected chi connectivity index (χ2v) is 5.02. The van der Waals surface area contributed by atoms with Gasteiger partial charge in [0.2, 0.25) is 0 Å². The summed E-state index contributed by atoms with van der Waals surface area (Å²) in [6.45, 7) is 9.69. The number of aliphatic hydroxyl groups is 1. The maximum atomic E-state index is 8.00. The number of nitrogens with one attached hydrogen (secondary N) is 3. The zero-order valence-corrected chi connectivity index (χ0v) is 14.8. The lowest BCUT2D eigenvalue weighted by Gasteiger charge is -2.21. The molecule has 2 rings (SSSR count). The van der Waals surface area contributed by atoms with E-state index in [0.29, 0.717) is 6.54 Å². The van der Waals surface area contributed by atoms with E-state index < -0.39 is 0 Å². The predicted octanol–water partition coefficient (Wildman–Crippen LogP) is 0.171. The first kappa shape index (κ1) is 35.7. The third-order valence-electron chi connectivity index (χ3n) is 2.94. The van der Waals surface area contributed by atoms with Crippen molar-refractivity contribution in [2.75, 3.05) is 93.8 Å². The first-order chi connectivity index (χ1) is 10.6. The van der Waals surface area contributed by atoms with E-state index >= 15 is 0 Å². The standard InChI is InChI=1S/C5H12N2.C5H11NO.C3H9NO.CH5NO.3CH4/c1-7-4-2-6-3-5-7;1-6-2-4-7-5-3-6;1-4-2-3-5;1-2-3;;;/h6H,2-5H2,1H3;2-5H2,1H3;4-5H,2-3H2,1H3;2-3H,1H3;3*1H4. The third kappa shape index (κ3) is 35.6. The molecule has 2 saturated heterocycles. The van der Waals surface area contributed by atoms with Gasteiger partial charge in [-0.05, 0) is 21.1 Å². The molecule has 0 atom stereocenters. The quantitative estimate of drug-likeness (QED) is 0.439. The largest absolute Gasteiger partial charge is 0.395 e. The molecule has 0 bridgehead atoms. The minimum absolute atomic E-state index is 0. The van der Waals surface area contributed by atoms with Gasteiger partial charge in [0, 0.05) is 52.9 Å². The number of hydrogen-bond donors (Lipinski definition) is 5. The zero-order chi connectivity index (χ0) is 17.1. The number of rotatable bonds is 2. The number of aliphatic hydroxyl groups excluding tert-OH is 1. The fourth-order valence-corrected chi connectivity index (χ4v) is 1.54. The van der Waals surface area contributed by atoms with E-state index in [-0.39, 0.29) is 28.9 Å². The van der Waals surface area contributed by atoms with Crippen LogP contribution >= 0.6 is 0 Å². The molecule has 0 aliphatic carbocycles. The van der Waals surface area contributed by atoms with Crippen LogP contribution in [0.25, 0.3) is 0 Å². The Kier molecular flexibility index (Phi) is 45.0. The summed E-state index contributed by atoms with van der Waals surface area (Å²) in [4.78, 5) is 4.60. The Morgan fingerprint density at radius 3 is 1.48 bits per heavy atom. The van der Waals surface area contributed by atoms with Crippen LogP contribution in [0, 0.1) is 0 Å². The monoisotopic (exact) mass is 371 g/mol. The molecule has 2 aliphatic rings. The van der Waals surface area contributed by atoms with E-state index in [1.807, 2.05) is 0 Å². The van der Waals surface area contributed by atoms with Crippen molar-refractivity contribution in [2.24, 2.45) is 0 Å². The minimum atomic E-state index is 0. The summed E-state index contributed by atoms with van der Waals surface area (Å²) >= 11 is 0. The molecule has 8 heteroatoms. The smallest absolute Gasteiger partial charge is 0.0594 e. The van der Waals surface area contributed by atoms with Gasteiger partial charge in [0.25, 0.3) is 0 Å². The maximum Gasteiger partial charge on any atom is 0.0594 e. The van der Waals surface area contributed by atoms with E-state index in [0.717, 1.165) is 39.4 Å². The Morgan fingerprint density at radius 1 is 0.920 bits per heavy atom. The highest BCUT2D eigenvalue weighted by molar-refractivity contribution is 4.62. The number of ether oxygens (including phenoxy) is 1. The zero-order valence-electron chi connectivity index (χ0n) is 14.8. The molecule has 2 heterocycles. The molecule has 0 spiro atoms. The van der Waals surface area contributed by atoms with Crippen LogP contribution in [0.5, 0.6) is 0 Å². The van der Waals surface area contributed by atoms with Crippen LogP contribution in [0.4, 0.5) is 0 Å². The summed E-state index contributed by atoms with van der Waals surface area (Å²) in [7, 11) is 7.50. The molecule has 0 saturated carbocycles. The lowest BCUT2D eigenvalue weighted by molar-refractivity contribution is 0.0503. The number of nitrogens with zero attached hydrogens (tertiary/aromatic N) is 2. The summed E-state index contributed by atoms with van der Waals surface area (Å²) in [5.41, 5.74) is 1.75. The SMILES string of the molecule is C.C.C.CN1CCNCC1.CN1CCOCC1.CNCCO.CNO. The number of hydrogen-bond acceptors (Lipinski definition) is 8. The first-order valence-corrected chi connectivity index (χ1v) is 7.84. The van der Waals surface area contributed by atoms with Crippen molar-refractivity contribution in [3.8, 4) is 0 Å². The van der Waals surface area contributed by atoms with Gasteiger partial charge in [0.05, 0.1) is 19.8 Å². The number of morpholine rings is 1. The molecule has 2 aliphatic heterocycles. The van der Waals surface area contributed by atoms with Gasteiger partial charge in [-0.3, -0.25) is 0 Å². The van der Waals surface area contributed by atoms with E-state index in [4.69, 9.17) is 15.1 Å². The second-order valence-electron chi connectivity index (χ2n) is 5.02. The van der Waals surface area contributed by atoms with Crippen molar-refractivity contribution in [1.29, 1.82) is 0 Å². The molecule has 25 heavy (non-hydrogen) atoms. The van der Waals surface area contributed by atoms with Crippen LogP contribution in [0.3, 0.4) is 0 Å². The Balaban J connectivity index is -0.0000000712. The molecule has 5 N–H and O–H groups in total. The Bertz CT molecular complexity index is 173. The van der Waals surface area contributed by atoms with Gasteiger partial charge in [-0.1, -0.05) is 22.3 Å². The Morgan fingerprint density at radius 2 is 1.32 bits per heavy atom. The van der Waals surface area contributed by atoms with E-state index in [2.05, 4.69) is 34.5 Å². The van der Waals surface area contributed by atoms with Gasteiger partial charge >= 0.3 is 0 Å². The summed E-state index contributed by atoms with van der Waals surface area (Å²) in [6.07, 6.45) is 0. The predicted molar refractivity (Wildman–Crippen MR) is 111 cm³/mol. The van der Waals surface area contributed by atoms with E-state index in [9.17, 15) is 0 Å². The van der Waals surface area contributed by atoms with Gasteiger partial charge in [0.15, 0.2) is 0 Å². The first-order valence-electron chi connectivity index (χ1n) is 7.84. The van der Waals surface area contributed by atoms with Crippen molar-refractivity contribution in [2.45, 2.75) is 22.3 Å². The molecule has 2 fully saturated rings. The van der Waals surface area contributed by atoms with Crippen LogP contribution in [0.15, 0.2) is 0 Å². The normalized spacial score (nSPS) is 16.6. The molecule has 0 radical (unpaired) electrons. The molecule has 0 amide bonds. The molecule has 0 aromatic heterocycles. The van der Waals surface area contributed by atoms with Crippen molar-refractivity contribution in [3.05, 3.63) is 0 Å². The van der Waals surface area contributed by atoms with Gasteiger partial charge in [-0.2, -0.15) is 0 Å². The maximum absolute atomic E-state index is 8.00. The highest BCUT2D eigenvalue weighted by Crippen LogP contribution is 1.89. The van der Waals surface area contributed by atoms with Crippen molar-refractivity contribution in [1.82, 2.24) is 25.9 Å². The van der Waals surface area contributed by atoms with Gasteiger partial charge < -0.3 is 35.5 Å². The Labute approximate surface area is 157 Å². The number of likely N-dealkylation sites (N-methyl/N-ethyl adjacent to an activating group) is 3. The van der Waals surface area contributed by atoms with Crippen LogP contribution in [0.2, 0.25) is 0 Å². The average molecular weight is 372 g/mol. The highest BCUT2D eigenvalue weighted by Gasteiger charge is 2.02. The van der Waals surface area contributed by atoms with Crippen LogP contribution in [-0.2, 0) is 4.74 Å². The van der Waals surface area contributed by atoms with Crippen LogP contribution in [0.1, 0.15) is 22.3 Å². The van der Waals surface area contributed by atoms with Crippen LogP contribution in [-0.4, -0.2) is 114 Å². The number of hydroxylamine groups is 1. The fraction of sp³-hybridized carbons (Fsp3) is 1.00. The third-order valence-corrected chi connectivity index (χ3v) is 2.94. The number of piperazine rings is 1. The lowest BCUT2D eigenvalue weighted by Crippen LogP contribution is -2.40. The van der Waals surface area contributed by atoms with E-state index in [1.165, 1.54) is 20.1 Å². The second kappa shape index (κ2) is 31.4. The van der Waals surface area contributed by atoms with Crippen molar-refractivity contribution >= 4 is 0 Å². The highest BCUT2D eigenvalue weighted by atomic mass is 16.5. The average Bonchev–Trinajstić information content (AvgIpc) is 2.52. The summed E-state index contributed by atoms with van der Waals surface area (Å²) in [6, 6.07) is 0. The summed E-state index contributed by atoms with van der Waals surface area (Å²) in [5, 5.41) is 21.4. The van der Waals surface area contributed by atoms with Crippen LogP contribution < -0.4 is 16.1 Å². The molecular formula is C17H49N5O3. The molecule has 0 unspecified atom stereocenters. The molecule has 0 aromatic carbocycles. The van der Waals surface area contributed by atoms with E-state index in [1.54, 1.807) is 12.5 Å². The molecule has 160 valence electrons. The summed E-state index contributed by atoms with van der Waals surface area (Å²) < 4.78 is 5.10. The van der Waals surface area contributed by atoms with Gasteiger partial charge in [-0.15, -0.1) is 0 Å². The summed E-state index contributed by atoms with van der Waals surface area (Å²) in [5.74, 6) is 0. The van der Waals surface area contributed by atoms with Gasteiger partial charge in [-0.25, -0.2) is 5.48 Å². The van der Waals surface area contributed by atoms with Crippen molar-refractivity contribution in [3.63, 3.8) is 0 Å². The molecule has 8 nitrogen and oxygen atoms in total. The van der Waals surface area contributed by atoms with Crippen molar-refractivity contribution < 1.29 is 15.1 Å². The van der Waals surface area contributed by atoms with Gasteiger partial charge in [0.1, 0.15) is 0 Å². The Hall–Kier alpha value is -0.320. The fourth-order valence-electron chi connectivity index (χ4n) is 1.54.